The van der Waals surface area contributed by atoms with Crippen LogP contribution in [0.2, 0.25) is 0 Å². The van der Waals surface area contributed by atoms with Crippen molar-refractivity contribution < 1.29 is 4.79 Å². The number of amides is 1. The van der Waals surface area contributed by atoms with Crippen LogP contribution in [0.25, 0.3) is 0 Å². The van der Waals surface area contributed by atoms with Crippen LogP contribution in [0.3, 0.4) is 0 Å². The van der Waals surface area contributed by atoms with Crippen molar-refractivity contribution in [1.82, 2.24) is 14.8 Å². The summed E-state index contributed by atoms with van der Waals surface area (Å²) in [5, 5.41) is 0.860. The monoisotopic (exact) mass is 333 g/mol. The Balaban J connectivity index is 1.53. The molecule has 1 saturated carbocycles. The highest BCUT2D eigenvalue weighted by Crippen LogP contribution is 2.26. The van der Waals surface area contributed by atoms with E-state index < -0.39 is 0 Å². The fraction of sp³-hybridized carbons (Fsp3) is 0.667. The van der Waals surface area contributed by atoms with Gasteiger partial charge in [-0.2, -0.15) is 0 Å². The molecule has 0 radical (unpaired) electrons. The fourth-order valence-electron chi connectivity index (χ4n) is 3.70. The van der Waals surface area contributed by atoms with Gasteiger partial charge in [0.15, 0.2) is 0 Å². The second-order valence-electron chi connectivity index (χ2n) is 6.58. The first-order valence-corrected chi connectivity index (χ1v) is 9.72. The van der Waals surface area contributed by atoms with E-state index in [2.05, 4.69) is 14.8 Å². The third kappa shape index (κ3) is 4.48. The number of aromatic nitrogens is 1. The standard InChI is InChI=1S/C18H27N3OS/c1-15(23-17-9-4-5-10-19-17)18(22)21-12-6-11-20(13-14-21)16-7-2-3-8-16/h4-5,9-10,15-16H,2-3,6-8,11-14H2,1H3/t15-/m1/s1. The summed E-state index contributed by atoms with van der Waals surface area (Å²) in [6.45, 7) is 5.96. The van der Waals surface area contributed by atoms with Crippen molar-refractivity contribution in [2.24, 2.45) is 0 Å². The van der Waals surface area contributed by atoms with Crippen molar-refractivity contribution in [2.75, 3.05) is 26.2 Å². The van der Waals surface area contributed by atoms with Crippen LogP contribution in [-0.4, -0.2) is 58.2 Å². The average molecular weight is 334 g/mol. The van der Waals surface area contributed by atoms with Crippen molar-refractivity contribution in [2.45, 2.75) is 55.3 Å². The van der Waals surface area contributed by atoms with Gasteiger partial charge < -0.3 is 4.90 Å². The predicted molar refractivity (Wildman–Crippen MR) is 94.6 cm³/mol. The summed E-state index contributed by atoms with van der Waals surface area (Å²) >= 11 is 1.56. The molecule has 2 fully saturated rings. The van der Waals surface area contributed by atoms with Crippen LogP contribution < -0.4 is 0 Å². The van der Waals surface area contributed by atoms with Crippen LogP contribution in [-0.2, 0) is 4.79 Å². The average Bonchev–Trinajstić information content (AvgIpc) is 3.00. The Morgan fingerprint density at radius 1 is 1.17 bits per heavy atom. The van der Waals surface area contributed by atoms with E-state index in [0.29, 0.717) is 0 Å². The zero-order valence-corrected chi connectivity index (χ0v) is 14.8. The van der Waals surface area contributed by atoms with Crippen molar-refractivity contribution in [3.8, 4) is 0 Å². The maximum atomic E-state index is 12.7. The van der Waals surface area contributed by atoms with Gasteiger partial charge in [0.2, 0.25) is 5.91 Å². The number of nitrogens with zero attached hydrogens (tertiary/aromatic N) is 3. The lowest BCUT2D eigenvalue weighted by Gasteiger charge is -2.27. The highest BCUT2D eigenvalue weighted by molar-refractivity contribution is 8.00. The molecular weight excluding hydrogens is 306 g/mol. The third-order valence-electron chi connectivity index (χ3n) is 4.97. The molecule has 0 aromatic carbocycles. The molecule has 1 aliphatic heterocycles. The zero-order valence-electron chi connectivity index (χ0n) is 14.0. The van der Waals surface area contributed by atoms with Gasteiger partial charge >= 0.3 is 0 Å². The number of rotatable bonds is 4. The summed E-state index contributed by atoms with van der Waals surface area (Å²) in [5.74, 6) is 0.258. The summed E-state index contributed by atoms with van der Waals surface area (Å²) in [5.41, 5.74) is 0. The number of pyridine rings is 1. The summed E-state index contributed by atoms with van der Waals surface area (Å²) in [6, 6.07) is 6.62. The Bertz CT molecular complexity index is 504. The first kappa shape index (κ1) is 16.8. The van der Waals surface area contributed by atoms with Gasteiger partial charge in [0.05, 0.1) is 10.3 Å². The summed E-state index contributed by atoms with van der Waals surface area (Å²) in [7, 11) is 0. The molecule has 1 aromatic heterocycles. The third-order valence-corrected chi connectivity index (χ3v) is 6.00. The Morgan fingerprint density at radius 2 is 2.00 bits per heavy atom. The fourth-order valence-corrected chi connectivity index (χ4v) is 4.59. The smallest absolute Gasteiger partial charge is 0.235 e. The van der Waals surface area contributed by atoms with E-state index in [1.807, 2.05) is 25.1 Å². The van der Waals surface area contributed by atoms with E-state index in [1.54, 1.807) is 18.0 Å². The van der Waals surface area contributed by atoms with Gasteiger partial charge in [-0.3, -0.25) is 9.69 Å². The zero-order chi connectivity index (χ0) is 16.1. The summed E-state index contributed by atoms with van der Waals surface area (Å²) in [6.07, 6.45) is 8.33. The molecule has 1 atom stereocenters. The summed E-state index contributed by atoms with van der Waals surface area (Å²) in [4.78, 5) is 21.7. The van der Waals surface area contributed by atoms with Gasteiger partial charge in [-0.1, -0.05) is 30.7 Å². The molecule has 5 heteroatoms. The largest absolute Gasteiger partial charge is 0.340 e. The maximum Gasteiger partial charge on any atom is 0.235 e. The molecule has 0 unspecified atom stereocenters. The molecular formula is C18H27N3OS. The number of carbonyl (C=O) groups is 1. The molecule has 3 rings (SSSR count). The minimum Gasteiger partial charge on any atom is -0.340 e. The van der Waals surface area contributed by atoms with Crippen molar-refractivity contribution in [3.63, 3.8) is 0 Å². The second kappa shape index (κ2) is 8.15. The van der Waals surface area contributed by atoms with Crippen LogP contribution in [0.15, 0.2) is 29.4 Å². The van der Waals surface area contributed by atoms with Crippen LogP contribution in [0.5, 0.6) is 0 Å². The molecule has 23 heavy (non-hydrogen) atoms. The van der Waals surface area contributed by atoms with Gasteiger partial charge in [0, 0.05) is 38.4 Å². The number of hydrogen-bond donors (Lipinski definition) is 0. The molecule has 0 bridgehead atoms. The van der Waals surface area contributed by atoms with E-state index in [0.717, 1.165) is 43.7 Å². The van der Waals surface area contributed by atoms with Crippen LogP contribution in [0.1, 0.15) is 39.0 Å². The predicted octanol–water partition coefficient (Wildman–Crippen LogP) is 3.04. The first-order chi connectivity index (χ1) is 11.2. The normalized spacial score (nSPS) is 22.0. The molecule has 1 amide bonds. The summed E-state index contributed by atoms with van der Waals surface area (Å²) < 4.78 is 0. The molecule has 1 saturated heterocycles. The molecule has 2 heterocycles. The van der Waals surface area contributed by atoms with Crippen LogP contribution >= 0.6 is 11.8 Å². The van der Waals surface area contributed by atoms with Gasteiger partial charge in [-0.25, -0.2) is 4.98 Å². The first-order valence-electron chi connectivity index (χ1n) is 8.84. The van der Waals surface area contributed by atoms with Gasteiger partial charge in [-0.05, 0) is 38.3 Å². The van der Waals surface area contributed by atoms with E-state index in [4.69, 9.17) is 0 Å². The number of thioether (sulfide) groups is 1. The Labute approximate surface area is 143 Å². The second-order valence-corrected chi connectivity index (χ2v) is 7.94. The molecule has 4 nitrogen and oxygen atoms in total. The Hall–Kier alpha value is -1.07. The van der Waals surface area contributed by atoms with Gasteiger partial charge in [0.25, 0.3) is 0 Å². The number of carbonyl (C=O) groups excluding carboxylic acids is 1. The molecule has 2 aliphatic rings. The minimum absolute atomic E-state index is 0.0667. The molecule has 1 aromatic rings. The lowest BCUT2D eigenvalue weighted by atomic mass is 10.2. The van der Waals surface area contributed by atoms with Crippen molar-refractivity contribution in [1.29, 1.82) is 0 Å². The van der Waals surface area contributed by atoms with Crippen LogP contribution in [0.4, 0.5) is 0 Å². The van der Waals surface area contributed by atoms with Gasteiger partial charge in [0.1, 0.15) is 0 Å². The topological polar surface area (TPSA) is 36.4 Å². The molecule has 0 spiro atoms. The Kier molecular flexibility index (Phi) is 5.95. The Morgan fingerprint density at radius 3 is 2.74 bits per heavy atom. The van der Waals surface area contributed by atoms with E-state index in [-0.39, 0.29) is 11.2 Å². The molecule has 0 N–H and O–H groups in total. The minimum atomic E-state index is -0.0667. The van der Waals surface area contributed by atoms with Crippen molar-refractivity contribution in [3.05, 3.63) is 24.4 Å². The lowest BCUT2D eigenvalue weighted by molar-refractivity contribution is -0.130. The van der Waals surface area contributed by atoms with E-state index >= 15 is 0 Å². The SMILES string of the molecule is C[C@@H](Sc1ccccn1)C(=O)N1CCCN(C2CCCC2)CC1. The molecule has 1 aliphatic carbocycles. The van der Waals surface area contributed by atoms with Crippen LogP contribution in [0, 0.1) is 0 Å². The van der Waals surface area contributed by atoms with E-state index in [9.17, 15) is 4.79 Å². The van der Waals surface area contributed by atoms with Gasteiger partial charge in [-0.15, -0.1) is 0 Å². The maximum absolute atomic E-state index is 12.7. The quantitative estimate of drug-likeness (QED) is 0.794. The van der Waals surface area contributed by atoms with Crippen molar-refractivity contribution >= 4 is 17.7 Å². The highest BCUT2D eigenvalue weighted by atomic mass is 32.2. The lowest BCUT2D eigenvalue weighted by Crippen LogP contribution is -2.40. The van der Waals surface area contributed by atoms with E-state index in [1.165, 1.54) is 25.7 Å². The number of hydrogen-bond acceptors (Lipinski definition) is 4. The molecule has 126 valence electrons. The highest BCUT2D eigenvalue weighted by Gasteiger charge is 2.28.